The molecule has 0 atom stereocenters. The Morgan fingerprint density at radius 3 is 2.57 bits per heavy atom. The monoisotopic (exact) mass is 285 g/mol. The Balaban J connectivity index is 2.22. The first-order chi connectivity index (χ1) is 10.1. The average Bonchev–Trinajstić information content (AvgIpc) is 3.28. The lowest BCUT2D eigenvalue weighted by Gasteiger charge is -2.12. The SMILES string of the molecule is Nc1c(C(=O)O)c(-c2ccccc2)nn(CC2CC2)c1=O. The lowest BCUT2D eigenvalue weighted by atomic mass is 10.1. The molecule has 21 heavy (non-hydrogen) atoms. The molecule has 6 heteroatoms. The van der Waals surface area contributed by atoms with E-state index in [9.17, 15) is 14.7 Å². The van der Waals surface area contributed by atoms with E-state index in [1.54, 1.807) is 24.3 Å². The summed E-state index contributed by atoms with van der Waals surface area (Å²) in [7, 11) is 0. The molecule has 3 rings (SSSR count). The zero-order valence-corrected chi connectivity index (χ0v) is 11.3. The van der Waals surface area contributed by atoms with Gasteiger partial charge in [0.25, 0.3) is 5.56 Å². The molecule has 0 bridgehead atoms. The van der Waals surface area contributed by atoms with Gasteiger partial charge in [0.2, 0.25) is 0 Å². The number of hydrogen-bond donors (Lipinski definition) is 2. The Morgan fingerprint density at radius 1 is 1.33 bits per heavy atom. The van der Waals surface area contributed by atoms with Crippen LogP contribution in [-0.4, -0.2) is 20.9 Å². The van der Waals surface area contributed by atoms with E-state index in [0.29, 0.717) is 18.0 Å². The average molecular weight is 285 g/mol. The minimum Gasteiger partial charge on any atom is -0.478 e. The van der Waals surface area contributed by atoms with Gasteiger partial charge in [0, 0.05) is 12.1 Å². The summed E-state index contributed by atoms with van der Waals surface area (Å²) in [5.74, 6) is -0.802. The second-order valence-electron chi connectivity index (χ2n) is 5.24. The van der Waals surface area contributed by atoms with E-state index in [4.69, 9.17) is 5.73 Å². The van der Waals surface area contributed by atoms with Gasteiger partial charge in [0.15, 0.2) is 0 Å². The molecule has 6 nitrogen and oxygen atoms in total. The summed E-state index contributed by atoms with van der Waals surface area (Å²) in [6.45, 7) is 0.489. The normalized spacial score (nSPS) is 14.1. The summed E-state index contributed by atoms with van der Waals surface area (Å²) in [5, 5.41) is 13.6. The summed E-state index contributed by atoms with van der Waals surface area (Å²) in [5.41, 5.74) is 5.63. The number of benzene rings is 1. The number of nitrogen functional groups attached to an aromatic ring is 1. The lowest BCUT2D eigenvalue weighted by molar-refractivity contribution is 0.0698. The van der Waals surface area contributed by atoms with Crippen molar-refractivity contribution in [2.75, 3.05) is 5.73 Å². The molecular weight excluding hydrogens is 270 g/mol. The third-order valence-electron chi connectivity index (χ3n) is 3.58. The zero-order valence-electron chi connectivity index (χ0n) is 11.3. The molecule has 108 valence electrons. The van der Waals surface area contributed by atoms with Gasteiger partial charge in [-0.1, -0.05) is 30.3 Å². The van der Waals surface area contributed by atoms with E-state index < -0.39 is 11.5 Å². The van der Waals surface area contributed by atoms with Crippen LogP contribution in [0.4, 0.5) is 5.69 Å². The largest absolute Gasteiger partial charge is 0.478 e. The fraction of sp³-hybridized carbons (Fsp3) is 0.267. The maximum Gasteiger partial charge on any atom is 0.340 e. The number of nitrogens with two attached hydrogens (primary N) is 1. The van der Waals surface area contributed by atoms with Gasteiger partial charge in [-0.05, 0) is 18.8 Å². The smallest absolute Gasteiger partial charge is 0.340 e. The van der Waals surface area contributed by atoms with Crippen molar-refractivity contribution in [3.63, 3.8) is 0 Å². The number of rotatable bonds is 4. The molecular formula is C15H15N3O3. The maximum atomic E-state index is 12.2. The number of carboxylic acids is 1. The first kappa shape index (κ1) is 13.4. The van der Waals surface area contributed by atoms with Crippen LogP contribution in [0.2, 0.25) is 0 Å². The van der Waals surface area contributed by atoms with Gasteiger partial charge in [-0.3, -0.25) is 4.79 Å². The summed E-state index contributed by atoms with van der Waals surface area (Å²) >= 11 is 0. The third-order valence-corrected chi connectivity index (χ3v) is 3.58. The molecule has 0 radical (unpaired) electrons. The van der Waals surface area contributed by atoms with Crippen molar-refractivity contribution in [1.29, 1.82) is 0 Å². The predicted octanol–water partition coefficient (Wildman–Crippen LogP) is 1.60. The highest BCUT2D eigenvalue weighted by molar-refractivity contribution is 5.99. The van der Waals surface area contributed by atoms with E-state index in [1.165, 1.54) is 4.68 Å². The molecule has 1 aliphatic rings. The molecule has 0 amide bonds. The van der Waals surface area contributed by atoms with Crippen LogP contribution >= 0.6 is 0 Å². The molecule has 1 heterocycles. The van der Waals surface area contributed by atoms with Crippen molar-refractivity contribution in [3.05, 3.63) is 46.2 Å². The van der Waals surface area contributed by atoms with Gasteiger partial charge in [0.05, 0.1) is 0 Å². The molecule has 1 fully saturated rings. The second-order valence-corrected chi connectivity index (χ2v) is 5.24. The fourth-order valence-corrected chi connectivity index (χ4v) is 2.27. The molecule has 1 aromatic heterocycles. The highest BCUT2D eigenvalue weighted by Gasteiger charge is 2.26. The first-order valence-corrected chi connectivity index (χ1v) is 6.77. The van der Waals surface area contributed by atoms with Crippen LogP contribution in [0.15, 0.2) is 35.1 Å². The van der Waals surface area contributed by atoms with E-state index in [-0.39, 0.29) is 16.9 Å². The zero-order chi connectivity index (χ0) is 15.0. The van der Waals surface area contributed by atoms with E-state index in [1.807, 2.05) is 6.07 Å². The van der Waals surface area contributed by atoms with E-state index in [0.717, 1.165) is 12.8 Å². The topological polar surface area (TPSA) is 98.2 Å². The summed E-state index contributed by atoms with van der Waals surface area (Å²) in [6.07, 6.45) is 2.13. The Kier molecular flexibility index (Phi) is 3.21. The summed E-state index contributed by atoms with van der Waals surface area (Å²) in [4.78, 5) is 23.6. The van der Waals surface area contributed by atoms with Crippen LogP contribution in [-0.2, 0) is 6.54 Å². The van der Waals surface area contributed by atoms with Crippen LogP contribution in [0.1, 0.15) is 23.2 Å². The highest BCUT2D eigenvalue weighted by atomic mass is 16.4. The first-order valence-electron chi connectivity index (χ1n) is 6.77. The molecule has 0 spiro atoms. The van der Waals surface area contributed by atoms with Crippen LogP contribution in [0, 0.1) is 5.92 Å². The van der Waals surface area contributed by atoms with Crippen LogP contribution < -0.4 is 11.3 Å². The van der Waals surface area contributed by atoms with Crippen molar-refractivity contribution >= 4 is 11.7 Å². The van der Waals surface area contributed by atoms with Crippen LogP contribution in [0.3, 0.4) is 0 Å². The van der Waals surface area contributed by atoms with Crippen LogP contribution in [0.5, 0.6) is 0 Å². The molecule has 2 aromatic rings. The Labute approximate surface area is 120 Å². The summed E-state index contributed by atoms with van der Waals surface area (Å²) in [6, 6.07) is 8.90. The van der Waals surface area contributed by atoms with Gasteiger partial charge >= 0.3 is 5.97 Å². The minimum absolute atomic E-state index is 0.224. The van der Waals surface area contributed by atoms with Gasteiger partial charge in [0.1, 0.15) is 16.9 Å². The number of aromatic nitrogens is 2. The molecule has 0 saturated heterocycles. The van der Waals surface area contributed by atoms with Gasteiger partial charge in [-0.15, -0.1) is 0 Å². The quantitative estimate of drug-likeness (QED) is 0.889. The van der Waals surface area contributed by atoms with Gasteiger partial charge < -0.3 is 10.8 Å². The molecule has 0 unspecified atom stereocenters. The Hall–Kier alpha value is -2.63. The number of carbonyl (C=O) groups is 1. The number of hydrogen-bond acceptors (Lipinski definition) is 4. The third kappa shape index (κ3) is 2.52. The molecule has 3 N–H and O–H groups in total. The van der Waals surface area contributed by atoms with Gasteiger partial charge in [-0.2, -0.15) is 5.10 Å². The van der Waals surface area contributed by atoms with E-state index >= 15 is 0 Å². The molecule has 1 aromatic carbocycles. The molecule has 1 aliphatic carbocycles. The summed E-state index contributed by atoms with van der Waals surface area (Å²) < 4.78 is 1.29. The minimum atomic E-state index is -1.24. The Morgan fingerprint density at radius 2 is 2.00 bits per heavy atom. The molecule has 1 saturated carbocycles. The Bertz CT molecular complexity index is 749. The standard InChI is InChI=1S/C15H15N3O3/c16-12-11(15(20)21)13(10-4-2-1-3-5-10)17-18(14(12)19)8-9-6-7-9/h1-5,9H,6-8,16H2,(H,20,21). The van der Waals surface area contributed by atoms with Crippen molar-refractivity contribution in [2.24, 2.45) is 5.92 Å². The number of carboxylic acid groups (broad SMARTS) is 1. The van der Waals surface area contributed by atoms with Crippen molar-refractivity contribution < 1.29 is 9.90 Å². The lowest BCUT2D eigenvalue weighted by Crippen LogP contribution is -2.29. The van der Waals surface area contributed by atoms with Crippen LogP contribution in [0.25, 0.3) is 11.3 Å². The van der Waals surface area contributed by atoms with E-state index in [2.05, 4.69) is 5.10 Å². The molecule has 0 aliphatic heterocycles. The van der Waals surface area contributed by atoms with Crippen molar-refractivity contribution in [3.8, 4) is 11.3 Å². The second kappa shape index (κ2) is 5.05. The highest BCUT2D eigenvalue weighted by Crippen LogP contribution is 2.30. The number of aromatic carboxylic acids is 1. The van der Waals surface area contributed by atoms with Crippen molar-refractivity contribution in [2.45, 2.75) is 19.4 Å². The van der Waals surface area contributed by atoms with Crippen molar-refractivity contribution in [1.82, 2.24) is 9.78 Å². The fourth-order valence-electron chi connectivity index (χ4n) is 2.27. The number of anilines is 1. The number of nitrogens with zero attached hydrogens (tertiary/aromatic N) is 2. The predicted molar refractivity (Wildman–Crippen MR) is 78.0 cm³/mol. The van der Waals surface area contributed by atoms with Gasteiger partial charge in [-0.25, -0.2) is 9.48 Å². The maximum absolute atomic E-state index is 12.2.